The maximum Gasteiger partial charge on any atom is 0.231 e. The zero-order chi connectivity index (χ0) is 15.0. The summed E-state index contributed by atoms with van der Waals surface area (Å²) in [6.07, 6.45) is 1.93. The average Bonchev–Trinajstić information content (AvgIpc) is 2.43. The monoisotopic (exact) mass is 276 g/mol. The molecule has 0 aliphatic rings. The van der Waals surface area contributed by atoms with Crippen molar-refractivity contribution in [2.75, 3.05) is 13.6 Å². The molecule has 0 bridgehead atoms. The van der Waals surface area contributed by atoms with E-state index in [1.165, 1.54) is 0 Å². The van der Waals surface area contributed by atoms with Gasteiger partial charge in [0, 0.05) is 20.1 Å². The molecule has 1 aromatic carbocycles. The van der Waals surface area contributed by atoms with Crippen LogP contribution >= 0.6 is 0 Å². The van der Waals surface area contributed by atoms with Crippen LogP contribution in [0.5, 0.6) is 0 Å². The third-order valence-corrected chi connectivity index (χ3v) is 3.32. The molecule has 0 saturated carbocycles. The van der Waals surface area contributed by atoms with E-state index in [9.17, 15) is 9.59 Å². The lowest BCUT2D eigenvalue weighted by Crippen LogP contribution is -2.33. The molecule has 0 heterocycles. The normalized spacial score (nSPS) is 10.2. The van der Waals surface area contributed by atoms with Gasteiger partial charge in [-0.25, -0.2) is 0 Å². The number of unbranched alkanes of at least 4 members (excludes halogenated alkanes) is 1. The van der Waals surface area contributed by atoms with Crippen molar-refractivity contribution in [2.45, 2.75) is 39.7 Å². The molecular formula is C16H24N2O2. The minimum atomic E-state index is -0.221. The summed E-state index contributed by atoms with van der Waals surface area (Å²) in [4.78, 5) is 25.2. The van der Waals surface area contributed by atoms with Gasteiger partial charge in [0.1, 0.15) is 6.42 Å². The largest absolute Gasteiger partial charge is 0.352 e. The highest BCUT2D eigenvalue weighted by Gasteiger charge is 2.13. The molecule has 20 heavy (non-hydrogen) atoms. The second-order valence-electron chi connectivity index (χ2n) is 5.05. The molecular weight excluding hydrogens is 252 g/mol. The summed E-state index contributed by atoms with van der Waals surface area (Å²) in [6, 6.07) is 7.89. The Kier molecular flexibility index (Phi) is 6.77. The Bertz CT molecular complexity index is 458. The Morgan fingerprint density at radius 3 is 2.60 bits per heavy atom. The Balaban J connectivity index is 2.37. The van der Waals surface area contributed by atoms with Gasteiger partial charge < -0.3 is 10.2 Å². The van der Waals surface area contributed by atoms with Gasteiger partial charge in [-0.05, 0) is 24.5 Å². The summed E-state index contributed by atoms with van der Waals surface area (Å²) in [7, 11) is 1.74. The first-order valence-electron chi connectivity index (χ1n) is 7.09. The van der Waals surface area contributed by atoms with E-state index >= 15 is 0 Å². The zero-order valence-corrected chi connectivity index (χ0v) is 12.6. The molecule has 0 spiro atoms. The van der Waals surface area contributed by atoms with Crippen LogP contribution in [0.3, 0.4) is 0 Å². The third-order valence-electron chi connectivity index (χ3n) is 3.32. The van der Waals surface area contributed by atoms with Gasteiger partial charge in [-0.1, -0.05) is 37.6 Å². The maximum absolute atomic E-state index is 11.8. The Hall–Kier alpha value is -1.84. The van der Waals surface area contributed by atoms with Crippen LogP contribution in [-0.2, 0) is 16.1 Å². The van der Waals surface area contributed by atoms with Crippen molar-refractivity contribution < 1.29 is 9.59 Å². The smallest absolute Gasteiger partial charge is 0.231 e. The van der Waals surface area contributed by atoms with Crippen LogP contribution < -0.4 is 5.32 Å². The lowest BCUT2D eigenvalue weighted by Gasteiger charge is -2.16. The van der Waals surface area contributed by atoms with Crippen molar-refractivity contribution >= 4 is 11.8 Å². The van der Waals surface area contributed by atoms with Gasteiger partial charge in [0.05, 0.1) is 0 Å². The van der Waals surface area contributed by atoms with Gasteiger partial charge in [0.2, 0.25) is 11.8 Å². The first kappa shape index (κ1) is 16.2. The average molecular weight is 276 g/mol. The Labute approximate surface area is 121 Å². The van der Waals surface area contributed by atoms with E-state index in [-0.39, 0.29) is 18.2 Å². The summed E-state index contributed by atoms with van der Waals surface area (Å²) in [5.74, 6) is -0.345. The van der Waals surface area contributed by atoms with Gasteiger partial charge in [-0.3, -0.25) is 9.59 Å². The second-order valence-corrected chi connectivity index (χ2v) is 5.05. The summed E-state index contributed by atoms with van der Waals surface area (Å²) in [5.41, 5.74) is 2.21. The van der Waals surface area contributed by atoms with E-state index in [0.29, 0.717) is 13.1 Å². The number of rotatable bonds is 7. The van der Waals surface area contributed by atoms with Crippen molar-refractivity contribution in [3.63, 3.8) is 0 Å². The molecule has 0 aromatic heterocycles. The molecule has 0 fully saturated rings. The number of carbonyl (C=O) groups excluding carboxylic acids is 2. The number of nitrogens with one attached hydrogen (secondary N) is 1. The summed E-state index contributed by atoms with van der Waals surface area (Å²) in [6.45, 7) is 5.26. The molecule has 0 unspecified atom stereocenters. The fraction of sp³-hybridized carbons (Fsp3) is 0.500. The molecule has 4 nitrogen and oxygen atoms in total. The first-order chi connectivity index (χ1) is 9.54. The predicted molar refractivity (Wildman–Crippen MR) is 80.2 cm³/mol. The topological polar surface area (TPSA) is 49.4 Å². The molecule has 0 saturated heterocycles. The highest BCUT2D eigenvalue weighted by atomic mass is 16.2. The highest BCUT2D eigenvalue weighted by Crippen LogP contribution is 2.06. The fourth-order valence-electron chi connectivity index (χ4n) is 1.86. The van der Waals surface area contributed by atoms with Crippen LogP contribution in [0.2, 0.25) is 0 Å². The van der Waals surface area contributed by atoms with Crippen LogP contribution in [0.1, 0.15) is 37.3 Å². The van der Waals surface area contributed by atoms with E-state index in [0.717, 1.165) is 24.0 Å². The molecule has 2 amide bonds. The molecule has 110 valence electrons. The number of amides is 2. The minimum absolute atomic E-state index is 0.0773. The van der Waals surface area contributed by atoms with E-state index in [1.54, 1.807) is 11.9 Å². The summed E-state index contributed by atoms with van der Waals surface area (Å²) in [5, 5.41) is 2.80. The lowest BCUT2D eigenvalue weighted by atomic mass is 10.1. The molecule has 0 radical (unpaired) electrons. The predicted octanol–water partition coefficient (Wildman–Crippen LogP) is 2.26. The Morgan fingerprint density at radius 2 is 1.95 bits per heavy atom. The summed E-state index contributed by atoms with van der Waals surface area (Å²) >= 11 is 0. The van der Waals surface area contributed by atoms with Crippen molar-refractivity contribution in [1.82, 2.24) is 10.2 Å². The number of nitrogens with zero attached hydrogens (tertiary/aromatic N) is 1. The number of benzene rings is 1. The van der Waals surface area contributed by atoms with Crippen molar-refractivity contribution in [1.29, 1.82) is 0 Å². The number of carbonyl (C=O) groups is 2. The fourth-order valence-corrected chi connectivity index (χ4v) is 1.86. The van der Waals surface area contributed by atoms with Crippen LogP contribution in [0.15, 0.2) is 24.3 Å². The molecule has 0 aliphatic heterocycles. The molecule has 0 atom stereocenters. The molecule has 4 heteroatoms. The van der Waals surface area contributed by atoms with E-state index in [4.69, 9.17) is 0 Å². The van der Waals surface area contributed by atoms with Crippen molar-refractivity contribution in [2.24, 2.45) is 0 Å². The molecule has 0 aliphatic carbocycles. The summed E-state index contributed by atoms with van der Waals surface area (Å²) < 4.78 is 0. The van der Waals surface area contributed by atoms with Crippen LogP contribution in [0.25, 0.3) is 0 Å². The maximum atomic E-state index is 11.8. The molecule has 1 aromatic rings. The number of hydrogen-bond acceptors (Lipinski definition) is 2. The second kappa shape index (κ2) is 8.35. The SMILES string of the molecule is CCCCN(C)C(=O)CC(=O)NCc1ccccc1C. The van der Waals surface area contributed by atoms with E-state index in [2.05, 4.69) is 12.2 Å². The van der Waals surface area contributed by atoms with E-state index < -0.39 is 0 Å². The van der Waals surface area contributed by atoms with Gasteiger partial charge in [-0.15, -0.1) is 0 Å². The molecule has 1 rings (SSSR count). The zero-order valence-electron chi connectivity index (χ0n) is 12.6. The first-order valence-corrected chi connectivity index (χ1v) is 7.09. The van der Waals surface area contributed by atoms with Gasteiger partial charge >= 0.3 is 0 Å². The highest BCUT2D eigenvalue weighted by molar-refractivity contribution is 5.96. The van der Waals surface area contributed by atoms with Crippen molar-refractivity contribution in [3.8, 4) is 0 Å². The number of hydrogen-bond donors (Lipinski definition) is 1. The van der Waals surface area contributed by atoms with Crippen LogP contribution in [0, 0.1) is 6.92 Å². The molecule has 1 N–H and O–H groups in total. The Morgan fingerprint density at radius 1 is 1.25 bits per heavy atom. The standard InChI is InChI=1S/C16H24N2O2/c1-4-5-10-18(3)16(20)11-15(19)17-12-14-9-7-6-8-13(14)2/h6-9H,4-5,10-12H2,1-3H3,(H,17,19). The van der Waals surface area contributed by atoms with E-state index in [1.807, 2.05) is 31.2 Å². The van der Waals surface area contributed by atoms with Gasteiger partial charge in [-0.2, -0.15) is 0 Å². The van der Waals surface area contributed by atoms with Gasteiger partial charge in [0.25, 0.3) is 0 Å². The number of aryl methyl sites for hydroxylation is 1. The van der Waals surface area contributed by atoms with Crippen LogP contribution in [-0.4, -0.2) is 30.3 Å². The van der Waals surface area contributed by atoms with Crippen molar-refractivity contribution in [3.05, 3.63) is 35.4 Å². The van der Waals surface area contributed by atoms with Gasteiger partial charge in [0.15, 0.2) is 0 Å². The minimum Gasteiger partial charge on any atom is -0.352 e. The third kappa shape index (κ3) is 5.43. The quantitative estimate of drug-likeness (QED) is 0.777. The lowest BCUT2D eigenvalue weighted by molar-refractivity contribution is -0.135. The van der Waals surface area contributed by atoms with Crippen LogP contribution in [0.4, 0.5) is 0 Å².